The van der Waals surface area contributed by atoms with Crippen molar-refractivity contribution in [1.82, 2.24) is 30.9 Å². The fraction of sp³-hybridized carbons (Fsp3) is 0.276. The minimum atomic E-state index is -1.31. The zero-order valence-electron chi connectivity index (χ0n) is 22.8. The number of aromatic hydroxyl groups is 1. The first-order chi connectivity index (χ1) is 20.1. The van der Waals surface area contributed by atoms with Gasteiger partial charge in [-0.1, -0.05) is 30.3 Å². The summed E-state index contributed by atoms with van der Waals surface area (Å²) in [6, 6.07) is 9.02. The number of nitrogens with one attached hydrogen (secondary N) is 5. The lowest BCUT2D eigenvalue weighted by atomic mass is 10.0. The number of phenolic OH excluding ortho intramolecular Hbond substituents is 1. The standard InChI is InChI=1S/C29H33N7O6/c1-16(30)26(38)34-24(11-18-13-32-22-5-3-2-4-21(18)22)28(40)35-23(10-17-6-8-20(37)9-7-17)27(39)36-25(29(41)42)12-19-14-31-15-33-19/h2-9,13-16,23-25,32,37H,10-12,30H2,1H3,(H,31,33)(H,34,38)(H,35,40)(H,36,39)(H,41,42). The van der Waals surface area contributed by atoms with Crippen molar-refractivity contribution in [1.29, 1.82) is 0 Å². The number of aromatic amines is 2. The Morgan fingerprint density at radius 3 is 2.14 bits per heavy atom. The van der Waals surface area contributed by atoms with E-state index in [9.17, 15) is 29.4 Å². The minimum absolute atomic E-state index is 0.0186. The van der Waals surface area contributed by atoms with Crippen molar-refractivity contribution in [3.05, 3.63) is 84.1 Å². The first-order valence-electron chi connectivity index (χ1n) is 13.3. The summed E-state index contributed by atoms with van der Waals surface area (Å²) >= 11 is 0. The average Bonchev–Trinajstić information content (AvgIpc) is 3.63. The number of para-hydroxylation sites is 1. The Morgan fingerprint density at radius 1 is 0.857 bits per heavy atom. The van der Waals surface area contributed by atoms with E-state index < -0.39 is 47.9 Å². The van der Waals surface area contributed by atoms with Crippen LogP contribution in [-0.2, 0) is 38.4 Å². The Morgan fingerprint density at radius 2 is 1.50 bits per heavy atom. The number of hydrogen-bond acceptors (Lipinski definition) is 7. The number of benzene rings is 2. The van der Waals surface area contributed by atoms with Crippen LogP contribution in [0.4, 0.5) is 0 Å². The van der Waals surface area contributed by atoms with Crippen molar-refractivity contribution >= 4 is 34.6 Å². The van der Waals surface area contributed by atoms with Crippen LogP contribution in [0.15, 0.2) is 67.3 Å². The summed E-state index contributed by atoms with van der Waals surface area (Å²) in [4.78, 5) is 61.5. The van der Waals surface area contributed by atoms with E-state index >= 15 is 0 Å². The molecule has 0 saturated carbocycles. The predicted octanol–water partition coefficient (Wildman–Crippen LogP) is 0.511. The number of hydrogen-bond donors (Lipinski definition) is 8. The van der Waals surface area contributed by atoms with Gasteiger partial charge in [0, 0.05) is 48.3 Å². The van der Waals surface area contributed by atoms with Gasteiger partial charge in [-0.3, -0.25) is 14.4 Å². The summed E-state index contributed by atoms with van der Waals surface area (Å²) in [5, 5.41) is 28.1. The van der Waals surface area contributed by atoms with Crippen LogP contribution in [0.3, 0.4) is 0 Å². The number of rotatable bonds is 13. The van der Waals surface area contributed by atoms with E-state index in [0.717, 1.165) is 16.5 Å². The first-order valence-corrected chi connectivity index (χ1v) is 13.3. The third-order valence-electron chi connectivity index (χ3n) is 6.75. The van der Waals surface area contributed by atoms with Crippen LogP contribution in [-0.4, -0.2) is 73.0 Å². The van der Waals surface area contributed by atoms with E-state index in [1.807, 2.05) is 24.3 Å². The van der Waals surface area contributed by atoms with Crippen LogP contribution in [0.25, 0.3) is 10.9 Å². The number of aromatic nitrogens is 3. The van der Waals surface area contributed by atoms with Crippen molar-refractivity contribution in [2.75, 3.05) is 0 Å². The number of amides is 3. The van der Waals surface area contributed by atoms with E-state index in [2.05, 4.69) is 30.9 Å². The molecule has 4 atom stereocenters. The van der Waals surface area contributed by atoms with Crippen molar-refractivity contribution in [3.8, 4) is 5.75 Å². The van der Waals surface area contributed by atoms with Crippen LogP contribution >= 0.6 is 0 Å². The number of carboxylic acid groups (broad SMARTS) is 1. The lowest BCUT2D eigenvalue weighted by Gasteiger charge is -2.25. The van der Waals surface area contributed by atoms with Gasteiger partial charge in [-0.05, 0) is 36.2 Å². The number of carbonyl (C=O) groups excluding carboxylic acids is 3. The molecule has 9 N–H and O–H groups in total. The van der Waals surface area contributed by atoms with Gasteiger partial charge >= 0.3 is 5.97 Å². The van der Waals surface area contributed by atoms with Gasteiger partial charge in [0.05, 0.1) is 12.4 Å². The van der Waals surface area contributed by atoms with E-state index in [1.165, 1.54) is 31.6 Å². The van der Waals surface area contributed by atoms with Crippen LogP contribution < -0.4 is 21.7 Å². The zero-order chi connectivity index (χ0) is 30.2. The predicted molar refractivity (Wildman–Crippen MR) is 153 cm³/mol. The van der Waals surface area contributed by atoms with E-state index in [0.29, 0.717) is 11.3 Å². The fourth-order valence-corrected chi connectivity index (χ4v) is 4.47. The van der Waals surface area contributed by atoms with Gasteiger partial charge in [0.2, 0.25) is 17.7 Å². The van der Waals surface area contributed by atoms with E-state index in [1.54, 1.807) is 18.3 Å². The largest absolute Gasteiger partial charge is 0.508 e. The van der Waals surface area contributed by atoms with Crippen LogP contribution in [0.1, 0.15) is 23.7 Å². The molecular weight excluding hydrogens is 542 g/mol. The third-order valence-corrected chi connectivity index (χ3v) is 6.75. The highest BCUT2D eigenvalue weighted by atomic mass is 16.4. The van der Waals surface area contributed by atoms with Crippen LogP contribution in [0, 0.1) is 0 Å². The normalized spacial score (nSPS) is 14.0. The second-order valence-electron chi connectivity index (χ2n) is 10.0. The number of carbonyl (C=O) groups is 4. The molecule has 4 aromatic rings. The molecule has 4 unspecified atom stereocenters. The summed E-state index contributed by atoms with van der Waals surface area (Å²) in [5.74, 6) is -3.21. The lowest BCUT2D eigenvalue weighted by Crippen LogP contribution is -2.58. The minimum Gasteiger partial charge on any atom is -0.508 e. The van der Waals surface area contributed by atoms with Gasteiger partial charge in [-0.25, -0.2) is 9.78 Å². The molecule has 0 bridgehead atoms. The molecule has 0 radical (unpaired) electrons. The maximum atomic E-state index is 13.7. The molecule has 0 spiro atoms. The molecule has 42 heavy (non-hydrogen) atoms. The number of H-pyrrole nitrogens is 2. The highest BCUT2D eigenvalue weighted by Crippen LogP contribution is 2.19. The monoisotopic (exact) mass is 575 g/mol. The number of nitrogens with zero attached hydrogens (tertiary/aromatic N) is 1. The number of nitrogens with two attached hydrogens (primary N) is 1. The second-order valence-corrected chi connectivity index (χ2v) is 10.0. The Kier molecular flexibility index (Phi) is 9.55. The van der Waals surface area contributed by atoms with Gasteiger partial charge < -0.3 is 41.9 Å². The number of aliphatic carboxylic acids is 1. The highest BCUT2D eigenvalue weighted by molar-refractivity contribution is 5.95. The maximum absolute atomic E-state index is 13.7. The molecule has 0 fully saturated rings. The molecule has 0 aliphatic heterocycles. The molecule has 13 heteroatoms. The Labute approximate surface area is 240 Å². The van der Waals surface area contributed by atoms with Gasteiger partial charge in [0.25, 0.3) is 0 Å². The smallest absolute Gasteiger partial charge is 0.326 e. The number of fused-ring (bicyclic) bond motifs is 1. The molecule has 2 heterocycles. The average molecular weight is 576 g/mol. The molecule has 13 nitrogen and oxygen atoms in total. The van der Waals surface area contributed by atoms with Gasteiger partial charge in [0.15, 0.2) is 0 Å². The third kappa shape index (κ3) is 7.73. The molecule has 2 aromatic heterocycles. The summed E-state index contributed by atoms with van der Waals surface area (Å²) in [6.07, 6.45) is 4.61. The number of phenols is 1. The van der Waals surface area contributed by atoms with Crippen LogP contribution in [0.5, 0.6) is 5.75 Å². The summed E-state index contributed by atoms with van der Waals surface area (Å²) in [7, 11) is 0. The summed E-state index contributed by atoms with van der Waals surface area (Å²) in [5.41, 5.74) is 8.47. The summed E-state index contributed by atoms with van der Waals surface area (Å²) < 4.78 is 0. The SMILES string of the molecule is CC(N)C(=O)NC(Cc1c[nH]c2ccccc12)C(=O)NC(Cc1ccc(O)cc1)C(=O)NC(Cc1cnc[nH]1)C(=O)O. The second kappa shape index (κ2) is 13.5. The number of imidazole rings is 1. The van der Waals surface area contributed by atoms with Crippen molar-refractivity contribution in [2.24, 2.45) is 5.73 Å². The Balaban J connectivity index is 1.58. The Bertz CT molecular complexity index is 1530. The Hall–Kier alpha value is -5.17. The number of carboxylic acids is 1. The zero-order valence-corrected chi connectivity index (χ0v) is 22.8. The molecule has 4 rings (SSSR count). The van der Waals surface area contributed by atoms with E-state index in [-0.39, 0.29) is 25.0 Å². The summed E-state index contributed by atoms with van der Waals surface area (Å²) in [6.45, 7) is 1.49. The lowest BCUT2D eigenvalue weighted by molar-refractivity contribution is -0.142. The quantitative estimate of drug-likeness (QED) is 0.112. The molecule has 0 aliphatic rings. The van der Waals surface area contributed by atoms with Gasteiger partial charge in [0.1, 0.15) is 23.9 Å². The molecular formula is C29H33N7O6. The van der Waals surface area contributed by atoms with Crippen molar-refractivity contribution < 1.29 is 29.4 Å². The highest BCUT2D eigenvalue weighted by Gasteiger charge is 2.31. The molecule has 0 aliphatic carbocycles. The molecule has 220 valence electrons. The van der Waals surface area contributed by atoms with Crippen molar-refractivity contribution in [2.45, 2.75) is 50.4 Å². The topological polar surface area (TPSA) is 215 Å². The first kappa shape index (κ1) is 29.8. The van der Waals surface area contributed by atoms with E-state index in [4.69, 9.17) is 5.73 Å². The van der Waals surface area contributed by atoms with Gasteiger partial charge in [-0.15, -0.1) is 0 Å². The molecule has 0 saturated heterocycles. The van der Waals surface area contributed by atoms with Crippen LogP contribution in [0.2, 0.25) is 0 Å². The molecule has 3 amide bonds. The maximum Gasteiger partial charge on any atom is 0.326 e. The molecule has 2 aromatic carbocycles. The van der Waals surface area contributed by atoms with Crippen molar-refractivity contribution in [3.63, 3.8) is 0 Å². The fourth-order valence-electron chi connectivity index (χ4n) is 4.47. The van der Waals surface area contributed by atoms with Gasteiger partial charge in [-0.2, -0.15) is 0 Å².